The van der Waals surface area contributed by atoms with Gasteiger partial charge < -0.3 is 10.5 Å². The van der Waals surface area contributed by atoms with Gasteiger partial charge in [0.1, 0.15) is 5.75 Å². The van der Waals surface area contributed by atoms with Gasteiger partial charge in [-0.25, -0.2) is 0 Å². The fourth-order valence-corrected chi connectivity index (χ4v) is 2.43. The van der Waals surface area contributed by atoms with Crippen molar-refractivity contribution in [1.29, 1.82) is 0 Å². The van der Waals surface area contributed by atoms with Crippen LogP contribution in [0.4, 0.5) is 0 Å². The van der Waals surface area contributed by atoms with Crippen LogP contribution in [0.3, 0.4) is 0 Å². The molecular weight excluding hydrogens is 246 g/mol. The Kier molecular flexibility index (Phi) is 4.03. The molecule has 0 aromatic heterocycles. The van der Waals surface area contributed by atoms with Gasteiger partial charge in [-0.3, -0.25) is 0 Å². The summed E-state index contributed by atoms with van der Waals surface area (Å²) in [7, 11) is 0. The van der Waals surface area contributed by atoms with E-state index in [0.29, 0.717) is 18.6 Å². The van der Waals surface area contributed by atoms with Crippen molar-refractivity contribution in [1.82, 2.24) is 0 Å². The highest BCUT2D eigenvalue weighted by molar-refractivity contribution is 5.30. The Labute approximate surface area is 120 Å². The molecule has 0 amide bonds. The maximum absolute atomic E-state index is 5.93. The molecule has 0 radical (unpaired) electrons. The number of ether oxygens (including phenoxy) is 1. The Morgan fingerprint density at radius 3 is 2.30 bits per heavy atom. The molecule has 0 spiro atoms. The van der Waals surface area contributed by atoms with E-state index in [2.05, 4.69) is 48.5 Å². The van der Waals surface area contributed by atoms with E-state index in [0.717, 1.165) is 12.2 Å². The third-order valence-corrected chi connectivity index (χ3v) is 3.79. The summed E-state index contributed by atoms with van der Waals surface area (Å²) >= 11 is 0. The number of rotatable bonds is 6. The van der Waals surface area contributed by atoms with Crippen molar-refractivity contribution in [3.8, 4) is 5.75 Å². The Hall–Kier alpha value is -1.80. The third-order valence-electron chi connectivity index (χ3n) is 3.79. The zero-order valence-electron chi connectivity index (χ0n) is 11.7. The van der Waals surface area contributed by atoms with Gasteiger partial charge in [0.05, 0.1) is 6.10 Å². The van der Waals surface area contributed by atoms with Crippen LogP contribution in [0.25, 0.3) is 0 Å². The molecule has 1 fully saturated rings. The summed E-state index contributed by atoms with van der Waals surface area (Å²) < 4.78 is 5.77. The molecule has 0 bridgehead atoms. The zero-order chi connectivity index (χ0) is 13.8. The van der Waals surface area contributed by atoms with Crippen molar-refractivity contribution in [2.75, 3.05) is 6.54 Å². The van der Waals surface area contributed by atoms with E-state index in [4.69, 9.17) is 10.5 Å². The van der Waals surface area contributed by atoms with Crippen LogP contribution in [0.2, 0.25) is 0 Å². The summed E-state index contributed by atoms with van der Waals surface area (Å²) in [6.07, 6.45) is 3.84. The minimum atomic E-state index is 0.381. The maximum Gasteiger partial charge on any atom is 0.119 e. The van der Waals surface area contributed by atoms with E-state index in [1.54, 1.807) is 0 Å². The lowest BCUT2D eigenvalue weighted by atomic mass is 9.92. The summed E-state index contributed by atoms with van der Waals surface area (Å²) in [5, 5.41) is 0. The predicted molar refractivity (Wildman–Crippen MR) is 82.0 cm³/mol. The molecule has 104 valence electrons. The first-order valence-corrected chi connectivity index (χ1v) is 7.36. The van der Waals surface area contributed by atoms with Gasteiger partial charge in [0.25, 0.3) is 0 Å². The SMILES string of the molecule is NCC(Cc1ccc(OC2CC2)cc1)c1ccccc1. The lowest BCUT2D eigenvalue weighted by Crippen LogP contribution is -2.14. The minimum absolute atomic E-state index is 0.381. The van der Waals surface area contributed by atoms with Gasteiger partial charge in [-0.05, 0) is 49.1 Å². The molecule has 2 aromatic carbocycles. The normalized spacial score (nSPS) is 15.8. The summed E-state index contributed by atoms with van der Waals surface area (Å²) in [4.78, 5) is 0. The van der Waals surface area contributed by atoms with Crippen LogP contribution in [-0.2, 0) is 6.42 Å². The molecule has 1 saturated carbocycles. The summed E-state index contributed by atoms with van der Waals surface area (Å²) in [5.41, 5.74) is 8.56. The van der Waals surface area contributed by atoms with E-state index < -0.39 is 0 Å². The standard InChI is InChI=1S/C18H21NO/c19-13-16(15-4-2-1-3-5-15)12-14-6-8-17(9-7-14)20-18-10-11-18/h1-9,16,18H,10-13,19H2. The zero-order valence-corrected chi connectivity index (χ0v) is 11.7. The van der Waals surface area contributed by atoms with E-state index in [-0.39, 0.29) is 0 Å². The smallest absolute Gasteiger partial charge is 0.119 e. The number of benzene rings is 2. The first-order valence-electron chi connectivity index (χ1n) is 7.36. The van der Waals surface area contributed by atoms with Crippen LogP contribution in [-0.4, -0.2) is 12.6 Å². The summed E-state index contributed by atoms with van der Waals surface area (Å²) in [6.45, 7) is 0.671. The summed E-state index contributed by atoms with van der Waals surface area (Å²) in [6, 6.07) is 19.0. The lowest BCUT2D eigenvalue weighted by molar-refractivity contribution is 0.303. The first-order chi connectivity index (χ1) is 9.85. The monoisotopic (exact) mass is 267 g/mol. The summed E-state index contributed by atoms with van der Waals surface area (Å²) in [5.74, 6) is 1.37. The van der Waals surface area contributed by atoms with Gasteiger partial charge in [0.2, 0.25) is 0 Å². The van der Waals surface area contributed by atoms with E-state index in [1.165, 1.54) is 24.0 Å². The molecule has 1 aliphatic rings. The molecule has 1 atom stereocenters. The number of hydrogen-bond acceptors (Lipinski definition) is 2. The van der Waals surface area contributed by atoms with Crippen molar-refractivity contribution in [3.05, 3.63) is 65.7 Å². The van der Waals surface area contributed by atoms with Gasteiger partial charge >= 0.3 is 0 Å². The maximum atomic E-state index is 5.93. The van der Waals surface area contributed by atoms with Crippen molar-refractivity contribution >= 4 is 0 Å². The number of nitrogens with two attached hydrogens (primary N) is 1. The highest BCUT2D eigenvalue weighted by Gasteiger charge is 2.23. The fraction of sp³-hybridized carbons (Fsp3) is 0.333. The third kappa shape index (κ3) is 3.40. The molecule has 2 N–H and O–H groups in total. The minimum Gasteiger partial charge on any atom is -0.490 e. The van der Waals surface area contributed by atoms with Gasteiger partial charge in [-0.15, -0.1) is 0 Å². The van der Waals surface area contributed by atoms with Crippen LogP contribution in [0.15, 0.2) is 54.6 Å². The van der Waals surface area contributed by atoms with Crippen molar-refractivity contribution in [3.63, 3.8) is 0 Å². The van der Waals surface area contributed by atoms with Gasteiger partial charge in [-0.2, -0.15) is 0 Å². The van der Waals surface area contributed by atoms with E-state index in [9.17, 15) is 0 Å². The molecular formula is C18H21NO. The molecule has 1 unspecified atom stereocenters. The van der Waals surface area contributed by atoms with E-state index in [1.807, 2.05) is 6.07 Å². The molecule has 0 heterocycles. The quantitative estimate of drug-likeness (QED) is 0.869. The van der Waals surface area contributed by atoms with Crippen LogP contribution in [0.1, 0.15) is 29.9 Å². The molecule has 0 aliphatic heterocycles. The van der Waals surface area contributed by atoms with Crippen LogP contribution in [0, 0.1) is 0 Å². The van der Waals surface area contributed by atoms with Crippen molar-refractivity contribution in [2.24, 2.45) is 5.73 Å². The molecule has 0 saturated heterocycles. The molecule has 3 rings (SSSR count). The highest BCUT2D eigenvalue weighted by atomic mass is 16.5. The molecule has 2 nitrogen and oxygen atoms in total. The Morgan fingerprint density at radius 1 is 1.00 bits per heavy atom. The van der Waals surface area contributed by atoms with Gasteiger partial charge in [-0.1, -0.05) is 42.5 Å². The van der Waals surface area contributed by atoms with Crippen molar-refractivity contribution in [2.45, 2.75) is 31.3 Å². The highest BCUT2D eigenvalue weighted by Crippen LogP contribution is 2.27. The molecule has 2 heteroatoms. The largest absolute Gasteiger partial charge is 0.490 e. The Morgan fingerprint density at radius 2 is 1.70 bits per heavy atom. The average Bonchev–Trinajstić information content (AvgIpc) is 3.31. The van der Waals surface area contributed by atoms with Crippen molar-refractivity contribution < 1.29 is 4.74 Å². The van der Waals surface area contributed by atoms with Crippen LogP contribution < -0.4 is 10.5 Å². The second-order valence-electron chi connectivity index (χ2n) is 5.51. The molecule has 20 heavy (non-hydrogen) atoms. The van der Waals surface area contributed by atoms with E-state index >= 15 is 0 Å². The lowest BCUT2D eigenvalue weighted by Gasteiger charge is -2.15. The predicted octanol–water partition coefficient (Wildman–Crippen LogP) is 3.51. The van der Waals surface area contributed by atoms with Crippen LogP contribution >= 0.6 is 0 Å². The van der Waals surface area contributed by atoms with Gasteiger partial charge in [0.15, 0.2) is 0 Å². The Bertz CT molecular complexity index is 531. The first kappa shape index (κ1) is 13.2. The topological polar surface area (TPSA) is 35.2 Å². The second-order valence-corrected chi connectivity index (χ2v) is 5.51. The fourth-order valence-electron chi connectivity index (χ4n) is 2.43. The molecule has 1 aliphatic carbocycles. The van der Waals surface area contributed by atoms with Crippen LogP contribution in [0.5, 0.6) is 5.75 Å². The van der Waals surface area contributed by atoms with Gasteiger partial charge in [0, 0.05) is 5.92 Å². The molecule has 2 aromatic rings. The average molecular weight is 267 g/mol. The Balaban J connectivity index is 1.66. The second kappa shape index (κ2) is 6.10. The number of hydrogen-bond donors (Lipinski definition) is 1.